The summed E-state index contributed by atoms with van der Waals surface area (Å²) in [5.74, 6) is -0.241. The summed E-state index contributed by atoms with van der Waals surface area (Å²) < 4.78 is 0. The normalized spacial score (nSPS) is 9.89. The van der Waals surface area contributed by atoms with Crippen LogP contribution >= 0.6 is 0 Å². The Morgan fingerprint density at radius 1 is 1.11 bits per heavy atom. The highest BCUT2D eigenvalue weighted by molar-refractivity contribution is 5.94. The first-order valence-electron chi connectivity index (χ1n) is 5.95. The molecule has 0 fully saturated rings. The van der Waals surface area contributed by atoms with E-state index in [0.717, 1.165) is 12.0 Å². The minimum atomic E-state index is -0.139. The van der Waals surface area contributed by atoms with Crippen molar-refractivity contribution >= 4 is 11.8 Å². The zero-order chi connectivity index (χ0) is 13.4. The molecule has 0 heterocycles. The molecule has 1 aromatic carbocycles. The molecule has 0 unspecified atom stereocenters. The summed E-state index contributed by atoms with van der Waals surface area (Å²) >= 11 is 0. The predicted octanol–water partition coefficient (Wildman–Crippen LogP) is 0.0537. The summed E-state index contributed by atoms with van der Waals surface area (Å²) in [6, 6.07) is 7.35. The van der Waals surface area contributed by atoms with Gasteiger partial charge in [-0.3, -0.25) is 9.59 Å². The topological polar surface area (TPSA) is 84.2 Å². The molecule has 0 aliphatic carbocycles. The van der Waals surface area contributed by atoms with Gasteiger partial charge in [-0.15, -0.1) is 0 Å². The van der Waals surface area contributed by atoms with Crippen molar-refractivity contribution in [3.63, 3.8) is 0 Å². The monoisotopic (exact) mass is 249 g/mol. The van der Waals surface area contributed by atoms with Crippen LogP contribution in [0.5, 0.6) is 0 Å². The molecule has 0 aliphatic heterocycles. The van der Waals surface area contributed by atoms with Gasteiger partial charge in [0.05, 0.1) is 0 Å². The number of nitrogens with two attached hydrogens (primary N) is 1. The highest BCUT2D eigenvalue weighted by atomic mass is 16.2. The average molecular weight is 249 g/mol. The van der Waals surface area contributed by atoms with Crippen LogP contribution in [0.2, 0.25) is 0 Å². The van der Waals surface area contributed by atoms with Gasteiger partial charge < -0.3 is 16.4 Å². The highest BCUT2D eigenvalue weighted by Crippen LogP contribution is 2.04. The van der Waals surface area contributed by atoms with Crippen molar-refractivity contribution in [2.24, 2.45) is 5.73 Å². The van der Waals surface area contributed by atoms with Crippen LogP contribution in [0.25, 0.3) is 0 Å². The molecule has 5 nitrogen and oxygen atoms in total. The van der Waals surface area contributed by atoms with Gasteiger partial charge in [0.15, 0.2) is 0 Å². The Hall–Kier alpha value is -1.88. The van der Waals surface area contributed by atoms with Crippen molar-refractivity contribution in [1.29, 1.82) is 0 Å². The number of rotatable bonds is 6. The molecule has 0 atom stereocenters. The molecule has 0 aromatic heterocycles. The van der Waals surface area contributed by atoms with Crippen molar-refractivity contribution in [3.8, 4) is 0 Å². The largest absolute Gasteiger partial charge is 0.355 e. The number of nitrogens with one attached hydrogen (secondary N) is 2. The Morgan fingerprint density at radius 2 is 1.72 bits per heavy atom. The van der Waals surface area contributed by atoms with Crippen LogP contribution in [0.3, 0.4) is 0 Å². The number of hydrogen-bond donors (Lipinski definition) is 3. The molecular weight excluding hydrogens is 230 g/mol. The second-order valence-corrected chi connectivity index (χ2v) is 3.97. The molecular formula is C13H19N3O2. The van der Waals surface area contributed by atoms with E-state index in [0.29, 0.717) is 25.2 Å². The number of hydrogen-bond acceptors (Lipinski definition) is 3. The van der Waals surface area contributed by atoms with Gasteiger partial charge in [-0.1, -0.05) is 12.1 Å². The minimum Gasteiger partial charge on any atom is -0.355 e. The molecule has 18 heavy (non-hydrogen) atoms. The summed E-state index contributed by atoms with van der Waals surface area (Å²) in [6.45, 7) is 2.90. The maximum Gasteiger partial charge on any atom is 0.251 e. The third kappa shape index (κ3) is 4.97. The van der Waals surface area contributed by atoms with Crippen LogP contribution in [0, 0.1) is 0 Å². The molecule has 0 saturated heterocycles. The molecule has 0 spiro atoms. The van der Waals surface area contributed by atoms with Crippen LogP contribution < -0.4 is 16.4 Å². The van der Waals surface area contributed by atoms with Gasteiger partial charge in [-0.05, 0) is 30.7 Å². The van der Waals surface area contributed by atoms with Crippen LogP contribution in [0.15, 0.2) is 24.3 Å². The second kappa shape index (κ2) is 7.45. The first kappa shape index (κ1) is 14.2. The molecule has 1 rings (SSSR count). The summed E-state index contributed by atoms with van der Waals surface area (Å²) in [7, 11) is 0. The third-order valence-corrected chi connectivity index (χ3v) is 2.43. The molecule has 0 aliphatic rings. The van der Waals surface area contributed by atoms with Crippen molar-refractivity contribution in [2.45, 2.75) is 13.3 Å². The number of amides is 2. The molecule has 2 amide bonds. The fourth-order valence-corrected chi connectivity index (χ4v) is 1.51. The van der Waals surface area contributed by atoms with Crippen molar-refractivity contribution in [1.82, 2.24) is 10.6 Å². The first-order valence-corrected chi connectivity index (χ1v) is 5.95. The molecule has 98 valence electrons. The maximum atomic E-state index is 11.7. The number of carbonyl (C=O) groups excluding carboxylic acids is 2. The standard InChI is InChI=1S/C13H19N3O2/c1-10(17)15-8-9-16-13(18)12-4-2-11(3-5-12)6-7-14/h2-5H,6-9,14H2,1H3,(H,15,17)(H,16,18). The van der Waals surface area contributed by atoms with Gasteiger partial charge in [0, 0.05) is 25.6 Å². The Bertz CT molecular complexity index is 401. The lowest BCUT2D eigenvalue weighted by molar-refractivity contribution is -0.118. The summed E-state index contributed by atoms with van der Waals surface area (Å²) in [5.41, 5.74) is 7.18. The summed E-state index contributed by atoms with van der Waals surface area (Å²) in [6.07, 6.45) is 0.810. The molecule has 1 aromatic rings. The smallest absolute Gasteiger partial charge is 0.251 e. The fourth-order valence-electron chi connectivity index (χ4n) is 1.51. The van der Waals surface area contributed by atoms with Crippen molar-refractivity contribution in [3.05, 3.63) is 35.4 Å². The van der Waals surface area contributed by atoms with Crippen LogP contribution in [-0.4, -0.2) is 31.4 Å². The van der Waals surface area contributed by atoms with Gasteiger partial charge in [-0.2, -0.15) is 0 Å². The molecule has 4 N–H and O–H groups in total. The minimum absolute atomic E-state index is 0.101. The van der Waals surface area contributed by atoms with Gasteiger partial charge in [0.25, 0.3) is 5.91 Å². The number of carbonyl (C=O) groups is 2. The Labute approximate surface area is 107 Å². The second-order valence-electron chi connectivity index (χ2n) is 3.97. The van der Waals surface area contributed by atoms with Crippen LogP contribution in [-0.2, 0) is 11.2 Å². The van der Waals surface area contributed by atoms with E-state index >= 15 is 0 Å². The average Bonchev–Trinajstić information content (AvgIpc) is 2.35. The van der Waals surface area contributed by atoms with E-state index in [4.69, 9.17) is 5.73 Å². The lowest BCUT2D eigenvalue weighted by Crippen LogP contribution is -2.33. The molecule has 5 heteroatoms. The Kier molecular flexibility index (Phi) is 5.87. The van der Waals surface area contributed by atoms with E-state index in [9.17, 15) is 9.59 Å². The van der Waals surface area contributed by atoms with Crippen molar-refractivity contribution < 1.29 is 9.59 Å². The zero-order valence-corrected chi connectivity index (χ0v) is 10.5. The predicted molar refractivity (Wildman–Crippen MR) is 70.2 cm³/mol. The van der Waals surface area contributed by atoms with E-state index < -0.39 is 0 Å². The Morgan fingerprint density at radius 3 is 2.28 bits per heavy atom. The lowest BCUT2D eigenvalue weighted by atomic mass is 10.1. The quantitative estimate of drug-likeness (QED) is 0.623. The maximum absolute atomic E-state index is 11.7. The van der Waals surface area contributed by atoms with Crippen molar-refractivity contribution in [2.75, 3.05) is 19.6 Å². The van der Waals surface area contributed by atoms with Gasteiger partial charge in [-0.25, -0.2) is 0 Å². The van der Waals surface area contributed by atoms with E-state index in [1.54, 1.807) is 12.1 Å². The van der Waals surface area contributed by atoms with E-state index in [1.807, 2.05) is 12.1 Å². The van der Waals surface area contributed by atoms with E-state index in [1.165, 1.54) is 6.92 Å². The van der Waals surface area contributed by atoms with E-state index in [-0.39, 0.29) is 11.8 Å². The SMILES string of the molecule is CC(=O)NCCNC(=O)c1ccc(CCN)cc1. The number of benzene rings is 1. The lowest BCUT2D eigenvalue weighted by Gasteiger charge is -2.06. The molecule has 0 bridgehead atoms. The first-order chi connectivity index (χ1) is 8.63. The zero-order valence-electron chi connectivity index (χ0n) is 10.5. The van der Waals surface area contributed by atoms with Gasteiger partial charge in [0.1, 0.15) is 0 Å². The van der Waals surface area contributed by atoms with E-state index in [2.05, 4.69) is 10.6 Å². The third-order valence-electron chi connectivity index (χ3n) is 2.43. The van der Waals surface area contributed by atoms with Gasteiger partial charge in [0.2, 0.25) is 5.91 Å². The Balaban J connectivity index is 2.39. The fraction of sp³-hybridized carbons (Fsp3) is 0.385. The summed E-state index contributed by atoms with van der Waals surface area (Å²) in [4.78, 5) is 22.3. The highest BCUT2D eigenvalue weighted by Gasteiger charge is 2.04. The summed E-state index contributed by atoms with van der Waals surface area (Å²) in [5, 5.41) is 5.34. The van der Waals surface area contributed by atoms with Crippen LogP contribution in [0.1, 0.15) is 22.8 Å². The van der Waals surface area contributed by atoms with Crippen LogP contribution in [0.4, 0.5) is 0 Å². The van der Waals surface area contributed by atoms with Gasteiger partial charge >= 0.3 is 0 Å². The molecule has 0 radical (unpaired) electrons. The molecule has 0 saturated carbocycles.